The number of nitrogens with zero attached hydrogens (tertiary/aromatic N) is 5. The average Bonchev–Trinajstić information content (AvgIpc) is 3.51. The predicted molar refractivity (Wildman–Crippen MR) is 145 cm³/mol. The van der Waals surface area contributed by atoms with Crippen molar-refractivity contribution >= 4 is 23.3 Å². The number of hydrogen-bond acceptors (Lipinski definition) is 7. The average molecular weight is 590 g/mol. The Morgan fingerprint density at radius 2 is 1.95 bits per heavy atom. The first kappa shape index (κ1) is 27.7. The highest BCUT2D eigenvalue weighted by Gasteiger charge is 2.56. The van der Waals surface area contributed by atoms with E-state index in [9.17, 15) is 14.9 Å². The number of rotatable bonds is 8. The molecule has 2 aliphatic heterocycles. The van der Waals surface area contributed by atoms with Gasteiger partial charge in [0.05, 0.1) is 55.1 Å². The first-order valence-corrected chi connectivity index (χ1v) is 13.2. The van der Waals surface area contributed by atoms with Crippen LogP contribution >= 0.6 is 11.6 Å². The molecule has 4 aromatic rings. The monoisotopic (exact) mass is 589 g/mol. The standard InChI is InChI=1S/C30H22ClF2N5O4/c1-37-13-25(36-17-37)27(39)19-8-23-26(24(32)9-19)30(20-3-5-21(31)6-4-20,42-16-29(33)14-41-15-29)38(28(23)40)12-22-7-2-18(10-34)11-35-22/h2-9,11,13,17H,12,14-16H2,1H3/t30-/m1/s1. The Labute approximate surface area is 243 Å². The number of benzene rings is 2. The summed E-state index contributed by atoms with van der Waals surface area (Å²) in [6.45, 7) is -1.16. The highest BCUT2D eigenvalue weighted by molar-refractivity contribution is 6.30. The van der Waals surface area contributed by atoms with Crippen LogP contribution in [0.15, 0.2) is 67.3 Å². The largest absolute Gasteiger partial charge is 0.374 e. The van der Waals surface area contributed by atoms with Crippen molar-refractivity contribution in [3.63, 3.8) is 0 Å². The van der Waals surface area contributed by atoms with Gasteiger partial charge in [0.2, 0.25) is 5.78 Å². The van der Waals surface area contributed by atoms with Crippen molar-refractivity contribution in [3.05, 3.63) is 117 Å². The summed E-state index contributed by atoms with van der Waals surface area (Å²) in [5.74, 6) is -2.15. The fourth-order valence-electron chi connectivity index (χ4n) is 5.13. The van der Waals surface area contributed by atoms with Crippen LogP contribution in [0.5, 0.6) is 0 Å². The molecule has 2 aromatic heterocycles. The molecule has 0 N–H and O–H groups in total. The van der Waals surface area contributed by atoms with Gasteiger partial charge in [-0.05, 0) is 36.4 Å². The van der Waals surface area contributed by atoms with Crippen molar-refractivity contribution in [3.8, 4) is 6.07 Å². The molecule has 0 spiro atoms. The summed E-state index contributed by atoms with van der Waals surface area (Å²) < 4.78 is 44.6. The molecule has 12 heteroatoms. The van der Waals surface area contributed by atoms with E-state index < -0.39 is 35.5 Å². The lowest BCUT2D eigenvalue weighted by molar-refractivity contribution is -0.205. The van der Waals surface area contributed by atoms with Crippen molar-refractivity contribution in [2.24, 2.45) is 7.05 Å². The van der Waals surface area contributed by atoms with Crippen LogP contribution in [0.2, 0.25) is 5.02 Å². The number of nitriles is 1. The number of imidazole rings is 1. The van der Waals surface area contributed by atoms with E-state index in [-0.39, 0.29) is 42.1 Å². The van der Waals surface area contributed by atoms with Gasteiger partial charge in [-0.25, -0.2) is 13.8 Å². The Bertz CT molecular complexity index is 1750. The molecule has 0 unspecified atom stereocenters. The van der Waals surface area contributed by atoms with Gasteiger partial charge in [-0.1, -0.05) is 23.7 Å². The van der Waals surface area contributed by atoms with E-state index in [0.29, 0.717) is 21.8 Å². The normalized spacial score (nSPS) is 18.8. The Hall–Kier alpha value is -4.50. The van der Waals surface area contributed by atoms with Gasteiger partial charge in [0.15, 0.2) is 11.4 Å². The molecule has 42 heavy (non-hydrogen) atoms. The molecule has 9 nitrogen and oxygen atoms in total. The van der Waals surface area contributed by atoms with Crippen LogP contribution in [0, 0.1) is 17.1 Å². The van der Waals surface area contributed by atoms with E-state index in [2.05, 4.69) is 9.97 Å². The van der Waals surface area contributed by atoms with Crippen molar-refractivity contribution in [1.82, 2.24) is 19.4 Å². The van der Waals surface area contributed by atoms with E-state index in [1.165, 1.54) is 35.8 Å². The number of aromatic nitrogens is 3. The van der Waals surface area contributed by atoms with Crippen LogP contribution in [0.3, 0.4) is 0 Å². The maximum Gasteiger partial charge on any atom is 0.257 e. The molecule has 4 heterocycles. The number of pyridine rings is 1. The molecule has 212 valence electrons. The van der Waals surface area contributed by atoms with Crippen molar-refractivity contribution in [2.45, 2.75) is 17.9 Å². The van der Waals surface area contributed by atoms with Crippen LogP contribution in [-0.4, -0.2) is 56.6 Å². The van der Waals surface area contributed by atoms with E-state index in [1.807, 2.05) is 6.07 Å². The van der Waals surface area contributed by atoms with E-state index in [4.69, 9.17) is 21.1 Å². The second-order valence-electron chi connectivity index (χ2n) is 10.3. The number of amides is 1. The van der Waals surface area contributed by atoms with E-state index in [0.717, 1.165) is 6.07 Å². The number of hydrogen-bond donors (Lipinski definition) is 0. The minimum absolute atomic E-state index is 0.0745. The van der Waals surface area contributed by atoms with Gasteiger partial charge in [-0.15, -0.1) is 0 Å². The van der Waals surface area contributed by atoms with Crippen LogP contribution in [0.1, 0.15) is 48.8 Å². The lowest BCUT2D eigenvalue weighted by atomic mass is 9.90. The smallest absolute Gasteiger partial charge is 0.257 e. The van der Waals surface area contributed by atoms with Gasteiger partial charge in [-0.3, -0.25) is 19.5 Å². The second kappa shape index (κ2) is 10.4. The Kier molecular flexibility index (Phi) is 6.85. The maximum atomic E-state index is 16.4. The third-order valence-electron chi connectivity index (χ3n) is 7.26. The first-order chi connectivity index (χ1) is 20.1. The maximum absolute atomic E-state index is 16.4. The lowest BCUT2D eigenvalue weighted by Gasteiger charge is -2.42. The van der Waals surface area contributed by atoms with Crippen molar-refractivity contribution in [1.29, 1.82) is 5.26 Å². The molecule has 1 atom stereocenters. The van der Waals surface area contributed by atoms with Crippen LogP contribution in [-0.2, 0) is 28.8 Å². The van der Waals surface area contributed by atoms with E-state index in [1.54, 1.807) is 41.9 Å². The quantitative estimate of drug-likeness (QED) is 0.281. The predicted octanol–water partition coefficient (Wildman–Crippen LogP) is 4.32. The summed E-state index contributed by atoms with van der Waals surface area (Å²) in [4.78, 5) is 37.0. The minimum Gasteiger partial charge on any atom is -0.374 e. The molecule has 1 amide bonds. The number of ketones is 1. The van der Waals surface area contributed by atoms with Gasteiger partial charge in [0.1, 0.15) is 17.6 Å². The molecule has 1 fully saturated rings. The molecular weight excluding hydrogens is 568 g/mol. The summed E-state index contributed by atoms with van der Waals surface area (Å²) in [5, 5.41) is 9.56. The van der Waals surface area contributed by atoms with Crippen LogP contribution in [0.25, 0.3) is 0 Å². The zero-order valence-electron chi connectivity index (χ0n) is 22.2. The molecule has 0 saturated carbocycles. The summed E-state index contributed by atoms with van der Waals surface area (Å²) in [6, 6.07) is 13.6. The van der Waals surface area contributed by atoms with Gasteiger partial charge < -0.3 is 14.0 Å². The van der Waals surface area contributed by atoms with Crippen molar-refractivity contribution < 1.29 is 27.8 Å². The number of fused-ring (bicyclic) bond motifs is 1. The molecule has 1 saturated heterocycles. The van der Waals surface area contributed by atoms with Gasteiger partial charge in [0, 0.05) is 35.6 Å². The number of alkyl halides is 1. The Balaban J connectivity index is 1.54. The summed E-state index contributed by atoms with van der Waals surface area (Å²) in [5.41, 5.74) is -3.15. The highest BCUT2D eigenvalue weighted by Crippen LogP contribution is 2.48. The summed E-state index contributed by atoms with van der Waals surface area (Å²) >= 11 is 6.16. The third kappa shape index (κ3) is 4.63. The zero-order chi connectivity index (χ0) is 29.6. The fraction of sp³-hybridized carbons (Fsp3) is 0.233. The fourth-order valence-corrected chi connectivity index (χ4v) is 5.26. The molecule has 0 bridgehead atoms. The summed E-state index contributed by atoms with van der Waals surface area (Å²) in [6.07, 6.45) is 4.27. The van der Waals surface area contributed by atoms with Crippen molar-refractivity contribution in [2.75, 3.05) is 19.8 Å². The van der Waals surface area contributed by atoms with Gasteiger partial charge in [-0.2, -0.15) is 5.26 Å². The Morgan fingerprint density at radius 3 is 2.55 bits per heavy atom. The molecular formula is C30H22ClF2N5O4. The number of carbonyl (C=O) groups excluding carboxylic acids is 2. The zero-order valence-corrected chi connectivity index (χ0v) is 22.9. The number of carbonyl (C=O) groups is 2. The number of aryl methyl sites for hydroxylation is 1. The molecule has 2 aliphatic rings. The first-order valence-electron chi connectivity index (χ1n) is 12.8. The highest BCUT2D eigenvalue weighted by atomic mass is 35.5. The molecule has 2 aromatic carbocycles. The molecule has 6 rings (SSSR count). The second-order valence-corrected chi connectivity index (χ2v) is 10.7. The molecule has 0 aliphatic carbocycles. The van der Waals surface area contributed by atoms with Gasteiger partial charge in [0.25, 0.3) is 5.91 Å². The summed E-state index contributed by atoms with van der Waals surface area (Å²) in [7, 11) is 1.69. The number of ether oxygens (including phenoxy) is 2. The van der Waals surface area contributed by atoms with Crippen LogP contribution in [0.4, 0.5) is 8.78 Å². The molecule has 0 radical (unpaired) electrons. The lowest BCUT2D eigenvalue weighted by Crippen LogP contribution is -2.54. The third-order valence-corrected chi connectivity index (χ3v) is 7.51. The Morgan fingerprint density at radius 1 is 1.19 bits per heavy atom. The van der Waals surface area contributed by atoms with Gasteiger partial charge >= 0.3 is 0 Å². The SMILES string of the molecule is Cn1cnc(C(=O)c2cc(F)c3c(c2)C(=O)N(Cc2ccc(C#N)cn2)[C@@]3(OCC2(F)COC2)c2ccc(Cl)cc2)c1. The number of halogens is 3. The van der Waals surface area contributed by atoms with E-state index >= 15 is 8.78 Å². The van der Waals surface area contributed by atoms with Crippen LogP contribution < -0.4 is 0 Å². The minimum atomic E-state index is -1.96. The topological polar surface area (TPSA) is 110 Å².